The highest BCUT2D eigenvalue weighted by atomic mass is 16.7. The molecule has 38 heavy (non-hydrogen) atoms. The highest BCUT2D eigenvalue weighted by Gasteiger charge is 2.49. The van der Waals surface area contributed by atoms with E-state index in [4.69, 9.17) is 28.4 Å². The van der Waals surface area contributed by atoms with E-state index in [9.17, 15) is 46.0 Å². The molecule has 15 atom stereocenters. The second-order valence-electron chi connectivity index (χ2n) is 11.0. The second-order valence-corrected chi connectivity index (χ2v) is 11.0. The summed E-state index contributed by atoms with van der Waals surface area (Å²) in [6.45, 7) is 5.77. The summed E-state index contributed by atoms with van der Waals surface area (Å²) in [7, 11) is 0. The molecular formula is C23H42O15. The predicted octanol–water partition coefficient (Wildman–Crippen LogP) is -4.47. The van der Waals surface area contributed by atoms with Gasteiger partial charge < -0.3 is 74.4 Å². The van der Waals surface area contributed by atoms with Crippen LogP contribution in [0.1, 0.15) is 27.7 Å². The molecule has 3 aliphatic rings. The van der Waals surface area contributed by atoms with Crippen molar-refractivity contribution in [3.05, 3.63) is 0 Å². The van der Waals surface area contributed by atoms with Crippen molar-refractivity contribution in [2.45, 2.75) is 119 Å². The van der Waals surface area contributed by atoms with Gasteiger partial charge in [0.1, 0.15) is 61.0 Å². The van der Waals surface area contributed by atoms with Crippen LogP contribution < -0.4 is 0 Å². The van der Waals surface area contributed by atoms with Crippen molar-refractivity contribution in [1.82, 2.24) is 0 Å². The molecule has 0 aromatic rings. The fraction of sp³-hybridized carbons (Fsp3) is 1.00. The Bertz CT molecular complexity index is 736. The first-order valence-electron chi connectivity index (χ1n) is 12.6. The Labute approximate surface area is 220 Å². The highest BCUT2D eigenvalue weighted by molar-refractivity contribution is 4.93. The van der Waals surface area contributed by atoms with Gasteiger partial charge >= 0.3 is 0 Å². The summed E-state index contributed by atoms with van der Waals surface area (Å²) in [5, 5.41) is 92.2. The van der Waals surface area contributed by atoms with Gasteiger partial charge in [0.05, 0.1) is 31.5 Å². The van der Waals surface area contributed by atoms with Gasteiger partial charge in [0, 0.05) is 5.92 Å². The molecule has 0 amide bonds. The topological polar surface area (TPSA) is 237 Å². The molecule has 0 bridgehead atoms. The van der Waals surface area contributed by atoms with Crippen molar-refractivity contribution in [3.63, 3.8) is 0 Å². The molecule has 0 spiro atoms. The van der Waals surface area contributed by atoms with Crippen LogP contribution >= 0.6 is 0 Å². The number of hydrogen-bond donors (Lipinski definition) is 9. The summed E-state index contributed by atoms with van der Waals surface area (Å²) in [5.41, 5.74) is -0.565. The van der Waals surface area contributed by atoms with Crippen LogP contribution in [-0.2, 0) is 28.4 Å². The largest absolute Gasteiger partial charge is 0.390 e. The zero-order valence-corrected chi connectivity index (χ0v) is 21.8. The maximum atomic E-state index is 10.5. The van der Waals surface area contributed by atoms with E-state index in [1.54, 1.807) is 20.8 Å². The van der Waals surface area contributed by atoms with Crippen LogP contribution in [0.3, 0.4) is 0 Å². The normalized spacial score (nSPS) is 48.7. The minimum absolute atomic E-state index is 0.111. The number of rotatable bonds is 8. The monoisotopic (exact) mass is 558 g/mol. The average Bonchev–Trinajstić information content (AvgIpc) is 2.85. The molecule has 15 unspecified atom stereocenters. The minimum Gasteiger partial charge on any atom is -0.390 e. The quantitative estimate of drug-likeness (QED) is 0.136. The van der Waals surface area contributed by atoms with Crippen molar-refractivity contribution in [3.8, 4) is 0 Å². The molecule has 15 nitrogen and oxygen atoms in total. The summed E-state index contributed by atoms with van der Waals surface area (Å²) in [5.74, 6) is -0.754. The molecule has 0 radical (unpaired) electrons. The first-order chi connectivity index (χ1) is 17.6. The Kier molecular flexibility index (Phi) is 10.9. The fourth-order valence-electron chi connectivity index (χ4n) is 4.38. The molecule has 9 N–H and O–H groups in total. The van der Waals surface area contributed by atoms with E-state index in [1.165, 1.54) is 6.92 Å². The number of aliphatic hydroxyl groups excluding tert-OH is 9. The van der Waals surface area contributed by atoms with Gasteiger partial charge in [-0.15, -0.1) is 0 Å². The van der Waals surface area contributed by atoms with E-state index in [-0.39, 0.29) is 6.61 Å². The number of ether oxygens (including phenoxy) is 6. The molecule has 0 aromatic heterocycles. The lowest BCUT2D eigenvalue weighted by atomic mass is 9.92. The Hall–Kier alpha value is -0.600. The average molecular weight is 559 g/mol. The molecule has 3 aliphatic heterocycles. The van der Waals surface area contributed by atoms with Crippen molar-refractivity contribution >= 4 is 0 Å². The molecule has 0 aromatic carbocycles. The molecule has 0 saturated carbocycles. The van der Waals surface area contributed by atoms with Crippen LogP contribution in [0, 0.1) is 5.92 Å². The lowest BCUT2D eigenvalue weighted by molar-refractivity contribution is -0.335. The van der Waals surface area contributed by atoms with Gasteiger partial charge in [-0.2, -0.15) is 0 Å². The summed E-state index contributed by atoms with van der Waals surface area (Å²) in [4.78, 5) is 0. The van der Waals surface area contributed by atoms with Crippen molar-refractivity contribution in [2.75, 3.05) is 19.8 Å². The summed E-state index contributed by atoms with van der Waals surface area (Å²) < 4.78 is 32.5. The maximum absolute atomic E-state index is 10.5. The predicted molar refractivity (Wildman–Crippen MR) is 123 cm³/mol. The molecule has 3 rings (SSSR count). The molecule has 3 saturated heterocycles. The van der Waals surface area contributed by atoms with Crippen LogP contribution in [0.25, 0.3) is 0 Å². The molecule has 0 aliphatic carbocycles. The first kappa shape index (κ1) is 31.9. The van der Waals surface area contributed by atoms with E-state index in [0.29, 0.717) is 0 Å². The van der Waals surface area contributed by atoms with E-state index in [0.717, 1.165) is 0 Å². The third kappa shape index (κ3) is 7.37. The Morgan fingerprint density at radius 2 is 1.05 bits per heavy atom. The van der Waals surface area contributed by atoms with Gasteiger partial charge in [-0.05, 0) is 20.8 Å². The standard InChI is InChI=1S/C23H42O15/c1-8-12(24)13(25)9(36-20(8)31)5-33-19-17(29)15(27)10(37-21(19)32)6-34-22-18(30)16(28)14(26)11(38-22)7-35-23(2,3)4/h8-22,24-32H,5-7H2,1-4H3. The maximum Gasteiger partial charge on any atom is 0.186 e. The van der Waals surface area contributed by atoms with Gasteiger partial charge in [-0.25, -0.2) is 0 Å². The fourth-order valence-corrected chi connectivity index (χ4v) is 4.38. The molecule has 224 valence electrons. The second kappa shape index (κ2) is 12.9. The van der Waals surface area contributed by atoms with Gasteiger partial charge in [0.2, 0.25) is 0 Å². The lowest BCUT2D eigenvalue weighted by Crippen LogP contribution is -2.62. The van der Waals surface area contributed by atoms with E-state index >= 15 is 0 Å². The number of aliphatic hydroxyl groups is 9. The third-order valence-corrected chi connectivity index (χ3v) is 6.92. The van der Waals surface area contributed by atoms with Gasteiger partial charge in [0.25, 0.3) is 0 Å². The smallest absolute Gasteiger partial charge is 0.186 e. The molecule has 15 heteroatoms. The van der Waals surface area contributed by atoms with Crippen molar-refractivity contribution in [2.24, 2.45) is 5.92 Å². The number of hydrogen-bond acceptors (Lipinski definition) is 15. The Balaban J connectivity index is 1.54. The third-order valence-electron chi connectivity index (χ3n) is 6.92. The zero-order chi connectivity index (χ0) is 28.5. The van der Waals surface area contributed by atoms with E-state index < -0.39 is 111 Å². The van der Waals surface area contributed by atoms with E-state index in [2.05, 4.69) is 0 Å². The lowest BCUT2D eigenvalue weighted by Gasteiger charge is -2.44. The summed E-state index contributed by atoms with van der Waals surface area (Å²) in [6.07, 6.45) is -20.4. The van der Waals surface area contributed by atoms with Gasteiger partial charge in [-0.3, -0.25) is 0 Å². The molecular weight excluding hydrogens is 516 g/mol. The van der Waals surface area contributed by atoms with Crippen LogP contribution in [0.5, 0.6) is 0 Å². The minimum atomic E-state index is -1.77. The molecule has 3 fully saturated rings. The van der Waals surface area contributed by atoms with Gasteiger partial charge in [-0.1, -0.05) is 6.92 Å². The SMILES string of the molecule is CC1C(O)OC(COC2C(O)OC(COC3OC(COC(C)(C)C)C(O)C(O)C3O)C(O)C2O)C(O)C1O. The molecule has 3 heterocycles. The zero-order valence-electron chi connectivity index (χ0n) is 21.8. The van der Waals surface area contributed by atoms with Crippen molar-refractivity contribution < 1.29 is 74.4 Å². The Morgan fingerprint density at radius 1 is 0.553 bits per heavy atom. The van der Waals surface area contributed by atoms with Crippen LogP contribution in [0.2, 0.25) is 0 Å². The summed E-state index contributed by atoms with van der Waals surface area (Å²) >= 11 is 0. The van der Waals surface area contributed by atoms with Crippen LogP contribution in [-0.4, -0.2) is 157 Å². The van der Waals surface area contributed by atoms with E-state index in [1.807, 2.05) is 0 Å². The first-order valence-corrected chi connectivity index (χ1v) is 12.6. The van der Waals surface area contributed by atoms with Crippen molar-refractivity contribution in [1.29, 1.82) is 0 Å². The van der Waals surface area contributed by atoms with Crippen LogP contribution in [0.15, 0.2) is 0 Å². The van der Waals surface area contributed by atoms with Gasteiger partial charge in [0.15, 0.2) is 18.9 Å². The Morgan fingerprint density at radius 3 is 1.66 bits per heavy atom. The highest BCUT2D eigenvalue weighted by Crippen LogP contribution is 2.29. The summed E-state index contributed by atoms with van der Waals surface area (Å²) in [6, 6.07) is 0. The van der Waals surface area contributed by atoms with Crippen LogP contribution in [0.4, 0.5) is 0 Å².